The lowest BCUT2D eigenvalue weighted by Crippen LogP contribution is -2.24. The van der Waals surface area contributed by atoms with Crippen LogP contribution in [0.5, 0.6) is 0 Å². The van der Waals surface area contributed by atoms with E-state index in [-0.39, 0.29) is 5.91 Å². The molecule has 0 aliphatic carbocycles. The van der Waals surface area contributed by atoms with Crippen molar-refractivity contribution >= 4 is 21.8 Å². The van der Waals surface area contributed by atoms with Gasteiger partial charge in [0.15, 0.2) is 0 Å². The Labute approximate surface area is 90.5 Å². The van der Waals surface area contributed by atoms with Crippen LogP contribution in [0.2, 0.25) is 0 Å². The minimum absolute atomic E-state index is 0.205. The molecule has 5 heteroatoms. The van der Waals surface area contributed by atoms with Crippen molar-refractivity contribution in [2.24, 2.45) is 0 Å². The predicted octanol–water partition coefficient (Wildman–Crippen LogP) is 1.36. The second-order valence-electron chi connectivity index (χ2n) is 3.24. The molecule has 0 N–H and O–H groups in total. The van der Waals surface area contributed by atoms with E-state index in [1.54, 1.807) is 17.3 Å². The summed E-state index contributed by atoms with van der Waals surface area (Å²) in [5.74, 6) is 0.903. The van der Waals surface area contributed by atoms with E-state index in [4.69, 9.17) is 0 Å². The van der Waals surface area contributed by atoms with Crippen LogP contribution >= 0.6 is 15.9 Å². The average Bonchev–Trinajstić information content (AvgIpc) is 2.56. The highest BCUT2D eigenvalue weighted by molar-refractivity contribution is 9.10. The number of rotatable bonds is 2. The van der Waals surface area contributed by atoms with Gasteiger partial charge < -0.3 is 4.90 Å². The summed E-state index contributed by atoms with van der Waals surface area (Å²) in [6, 6.07) is 0. The van der Waals surface area contributed by atoms with Gasteiger partial charge in [-0.3, -0.25) is 4.79 Å². The molecule has 0 spiro atoms. The summed E-state index contributed by atoms with van der Waals surface area (Å²) in [4.78, 5) is 21.4. The summed E-state index contributed by atoms with van der Waals surface area (Å²) < 4.78 is 0.856. The van der Waals surface area contributed by atoms with E-state index in [9.17, 15) is 4.79 Å². The van der Waals surface area contributed by atoms with Crippen molar-refractivity contribution < 1.29 is 4.79 Å². The molecule has 0 unspecified atom stereocenters. The van der Waals surface area contributed by atoms with Gasteiger partial charge in [-0.25, -0.2) is 9.97 Å². The van der Waals surface area contributed by atoms with Gasteiger partial charge in [-0.1, -0.05) is 0 Å². The zero-order valence-electron chi connectivity index (χ0n) is 7.61. The lowest BCUT2D eigenvalue weighted by molar-refractivity contribution is -0.128. The lowest BCUT2D eigenvalue weighted by Gasteiger charge is -2.13. The van der Waals surface area contributed by atoms with Crippen molar-refractivity contribution in [1.82, 2.24) is 14.9 Å². The molecular weight excluding hydrogens is 246 g/mol. The van der Waals surface area contributed by atoms with Crippen LogP contribution in [0.25, 0.3) is 0 Å². The maximum Gasteiger partial charge on any atom is 0.223 e. The van der Waals surface area contributed by atoms with Gasteiger partial charge in [0, 0.05) is 25.4 Å². The van der Waals surface area contributed by atoms with E-state index in [1.807, 2.05) is 0 Å². The van der Waals surface area contributed by atoms with Crippen molar-refractivity contribution in [2.45, 2.75) is 19.4 Å². The molecule has 0 aromatic carbocycles. The first-order valence-corrected chi connectivity index (χ1v) is 5.29. The van der Waals surface area contributed by atoms with Crippen LogP contribution in [0.15, 0.2) is 16.9 Å². The molecule has 0 atom stereocenters. The normalized spacial score (nSPS) is 16.4. The molecule has 0 radical (unpaired) electrons. The average molecular weight is 256 g/mol. The van der Waals surface area contributed by atoms with Crippen molar-refractivity contribution in [1.29, 1.82) is 0 Å². The fraction of sp³-hybridized carbons (Fsp3) is 0.444. The van der Waals surface area contributed by atoms with Crippen molar-refractivity contribution in [3.8, 4) is 0 Å². The van der Waals surface area contributed by atoms with Crippen LogP contribution in [-0.4, -0.2) is 27.3 Å². The highest BCUT2D eigenvalue weighted by atomic mass is 79.9. The van der Waals surface area contributed by atoms with Crippen LogP contribution in [0.3, 0.4) is 0 Å². The van der Waals surface area contributed by atoms with Gasteiger partial charge >= 0.3 is 0 Å². The summed E-state index contributed by atoms with van der Waals surface area (Å²) in [5, 5.41) is 0. The fourth-order valence-corrected chi connectivity index (χ4v) is 1.67. The Hall–Kier alpha value is -0.970. The monoisotopic (exact) mass is 255 g/mol. The van der Waals surface area contributed by atoms with Crippen LogP contribution in [-0.2, 0) is 11.3 Å². The molecular formula is C9H10BrN3O. The summed E-state index contributed by atoms with van der Waals surface area (Å²) >= 11 is 3.26. The zero-order chi connectivity index (χ0) is 9.97. The molecule has 0 bridgehead atoms. The molecule has 2 rings (SSSR count). The number of nitrogens with zero attached hydrogens (tertiary/aromatic N) is 3. The highest BCUT2D eigenvalue weighted by Gasteiger charge is 2.20. The maximum atomic E-state index is 11.3. The summed E-state index contributed by atoms with van der Waals surface area (Å²) in [5.41, 5.74) is 0. The third-order valence-electron chi connectivity index (χ3n) is 2.18. The summed E-state index contributed by atoms with van der Waals surface area (Å²) in [6.07, 6.45) is 5.01. The predicted molar refractivity (Wildman–Crippen MR) is 54.4 cm³/mol. The lowest BCUT2D eigenvalue weighted by atomic mass is 10.4. The molecule has 2 heterocycles. The smallest absolute Gasteiger partial charge is 0.223 e. The molecule has 1 aromatic rings. The molecule has 1 aliphatic heterocycles. The molecule has 1 aromatic heterocycles. The van der Waals surface area contributed by atoms with Gasteiger partial charge in [0.25, 0.3) is 0 Å². The van der Waals surface area contributed by atoms with E-state index in [0.29, 0.717) is 18.8 Å². The molecule has 74 valence electrons. The van der Waals surface area contributed by atoms with Crippen LogP contribution in [0.1, 0.15) is 18.7 Å². The van der Waals surface area contributed by atoms with Gasteiger partial charge in [-0.2, -0.15) is 0 Å². The number of hydrogen-bond acceptors (Lipinski definition) is 3. The third kappa shape index (κ3) is 2.09. The Bertz CT molecular complexity index is 338. The Morgan fingerprint density at radius 3 is 2.71 bits per heavy atom. The number of aromatic nitrogens is 2. The third-order valence-corrected chi connectivity index (χ3v) is 2.59. The van der Waals surface area contributed by atoms with Crippen molar-refractivity contribution in [3.05, 3.63) is 22.7 Å². The van der Waals surface area contributed by atoms with E-state index in [0.717, 1.165) is 17.4 Å². The van der Waals surface area contributed by atoms with Crippen LogP contribution in [0.4, 0.5) is 0 Å². The van der Waals surface area contributed by atoms with Crippen molar-refractivity contribution in [3.63, 3.8) is 0 Å². The SMILES string of the molecule is O=C1CCCN1Cc1ncc(Br)cn1. The molecule has 1 fully saturated rings. The second-order valence-corrected chi connectivity index (χ2v) is 4.15. The highest BCUT2D eigenvalue weighted by Crippen LogP contribution is 2.12. The van der Waals surface area contributed by atoms with Crippen LogP contribution in [0, 0.1) is 0 Å². The van der Waals surface area contributed by atoms with E-state index >= 15 is 0 Å². The first-order chi connectivity index (χ1) is 6.75. The Morgan fingerprint density at radius 1 is 1.43 bits per heavy atom. The van der Waals surface area contributed by atoms with Gasteiger partial charge in [-0.05, 0) is 22.4 Å². The molecule has 14 heavy (non-hydrogen) atoms. The van der Waals surface area contributed by atoms with Gasteiger partial charge in [0.1, 0.15) is 5.82 Å². The van der Waals surface area contributed by atoms with E-state index in [2.05, 4.69) is 25.9 Å². The zero-order valence-corrected chi connectivity index (χ0v) is 9.20. The molecule has 1 aliphatic rings. The number of amides is 1. The van der Waals surface area contributed by atoms with Gasteiger partial charge in [-0.15, -0.1) is 0 Å². The topological polar surface area (TPSA) is 46.1 Å². The van der Waals surface area contributed by atoms with Gasteiger partial charge in [0.2, 0.25) is 5.91 Å². The number of likely N-dealkylation sites (tertiary alicyclic amines) is 1. The largest absolute Gasteiger partial charge is 0.335 e. The van der Waals surface area contributed by atoms with E-state index < -0.39 is 0 Å². The second kappa shape index (κ2) is 4.04. The summed E-state index contributed by atoms with van der Waals surface area (Å²) in [6.45, 7) is 1.37. The standard InChI is InChI=1S/C9H10BrN3O/c10-7-4-11-8(12-5-7)6-13-3-1-2-9(13)14/h4-5H,1-3,6H2. The first-order valence-electron chi connectivity index (χ1n) is 4.50. The minimum Gasteiger partial charge on any atom is -0.335 e. The minimum atomic E-state index is 0.205. The van der Waals surface area contributed by atoms with E-state index in [1.165, 1.54) is 0 Å². The number of carbonyl (C=O) groups excluding carboxylic acids is 1. The molecule has 1 saturated heterocycles. The molecule has 1 amide bonds. The number of hydrogen-bond donors (Lipinski definition) is 0. The Morgan fingerprint density at radius 2 is 2.14 bits per heavy atom. The quantitative estimate of drug-likeness (QED) is 0.802. The number of carbonyl (C=O) groups is 1. The fourth-order valence-electron chi connectivity index (χ4n) is 1.46. The Kier molecular flexibility index (Phi) is 2.77. The van der Waals surface area contributed by atoms with Crippen LogP contribution < -0.4 is 0 Å². The first kappa shape index (κ1) is 9.58. The summed E-state index contributed by atoms with van der Waals surface area (Å²) in [7, 11) is 0. The molecule has 0 saturated carbocycles. The van der Waals surface area contributed by atoms with Crippen molar-refractivity contribution in [2.75, 3.05) is 6.54 Å². The number of halogens is 1. The Balaban J connectivity index is 2.03. The molecule has 4 nitrogen and oxygen atoms in total. The van der Waals surface area contributed by atoms with Gasteiger partial charge in [0.05, 0.1) is 11.0 Å². The maximum absolute atomic E-state index is 11.3.